The molecule has 0 atom stereocenters. The standard InChI is InChI=1S/C52H28B4N4O15/c1-12-35(61)25-23-21-22-24(26(25)38(64)36(12)62)40(66)46(72)45(71)34(22)60(33(21)32(56)44(70)39(23)65)20-11-18-16-9-5-3-7-14(16)13-6-2-4-8-15(13)17(18)10-19(20)50-57-51(27-29(53)43(69)31(55)30(54)37(27)63)59-52(58-50)28-41(67)47(73)49(75)48(74)42(28)68/h2-11,61-75H,1H3. The average molecular weight is 992 g/mol. The van der Waals surface area contributed by atoms with Crippen molar-refractivity contribution in [3.05, 3.63) is 66.2 Å². The number of hydrogen-bond acceptors (Lipinski definition) is 18. The lowest BCUT2D eigenvalue weighted by Gasteiger charge is -2.20. The zero-order chi connectivity index (χ0) is 53.4. The maximum absolute atomic E-state index is 12.3. The van der Waals surface area contributed by atoms with Gasteiger partial charge in [0.15, 0.2) is 63.5 Å². The topological polar surface area (TPSA) is 347 Å². The third-order valence-corrected chi connectivity index (χ3v) is 14.1. The number of phenolic OH excluding ortho intramolecular Hbond substituents is 15. The van der Waals surface area contributed by atoms with Crippen LogP contribution in [0, 0.1) is 6.92 Å². The molecule has 8 radical (unpaired) electrons. The molecule has 0 fully saturated rings. The van der Waals surface area contributed by atoms with E-state index in [4.69, 9.17) is 31.4 Å². The molecule has 75 heavy (non-hydrogen) atoms. The normalized spacial score (nSPS) is 12.0. The number of phenols is 15. The van der Waals surface area contributed by atoms with Crippen molar-refractivity contribution < 1.29 is 76.6 Å². The molecule has 10 aromatic carbocycles. The Morgan fingerprint density at radius 1 is 0.333 bits per heavy atom. The van der Waals surface area contributed by atoms with Crippen LogP contribution in [0.4, 0.5) is 0 Å². The lowest BCUT2D eigenvalue weighted by atomic mass is 9.73. The van der Waals surface area contributed by atoms with E-state index in [9.17, 15) is 76.6 Å². The molecule has 23 heteroatoms. The van der Waals surface area contributed by atoms with E-state index in [1.807, 2.05) is 24.3 Å². The predicted octanol–water partition coefficient (Wildman–Crippen LogP) is 4.24. The van der Waals surface area contributed by atoms with Crippen molar-refractivity contribution in [3.8, 4) is 126 Å². The second-order valence-corrected chi connectivity index (χ2v) is 17.9. The van der Waals surface area contributed by atoms with Crippen molar-refractivity contribution in [2.75, 3.05) is 0 Å². The van der Waals surface area contributed by atoms with Gasteiger partial charge in [0.2, 0.25) is 23.0 Å². The SMILES string of the molecule is [B]c1c([B])c(O)c(-c2nc(-c3cc4c5ccccc5c5ccccc5c4cc3-n3c4c([B])c(O)c(O)c5c6c(O)c(C)c(O)c(O)c6c6c(O)c(O)c(O)c3c6c54)nc(-c3c(O)c(O)c(O)c(O)c3O)n2)c([B])c1O. The summed E-state index contributed by atoms with van der Waals surface area (Å²) in [6.45, 7) is 1.22. The Morgan fingerprint density at radius 2 is 0.747 bits per heavy atom. The molecule has 0 spiro atoms. The molecule has 358 valence electrons. The van der Waals surface area contributed by atoms with Gasteiger partial charge >= 0.3 is 0 Å². The number of rotatable bonds is 4. The van der Waals surface area contributed by atoms with Crippen LogP contribution in [0.2, 0.25) is 0 Å². The molecule has 0 aliphatic carbocycles. The zero-order valence-electron chi connectivity index (χ0n) is 38.1. The first kappa shape index (κ1) is 45.9. The number of aromatic hydroxyl groups is 15. The quantitative estimate of drug-likeness (QED) is 0.0507. The molecular formula is C52H28B4N4O15. The Morgan fingerprint density at radius 3 is 1.32 bits per heavy atom. The lowest BCUT2D eigenvalue weighted by molar-refractivity contribution is 0.329. The van der Waals surface area contributed by atoms with Crippen molar-refractivity contribution in [3.63, 3.8) is 0 Å². The van der Waals surface area contributed by atoms with E-state index < -0.39 is 164 Å². The second-order valence-electron chi connectivity index (χ2n) is 17.9. The molecule has 0 unspecified atom stereocenters. The highest BCUT2D eigenvalue weighted by Crippen LogP contribution is 2.61. The fourth-order valence-electron chi connectivity index (χ4n) is 10.5. The summed E-state index contributed by atoms with van der Waals surface area (Å²) in [4.78, 5) is 13.6. The third-order valence-electron chi connectivity index (χ3n) is 14.1. The number of fused-ring (bicyclic) bond motifs is 9. The van der Waals surface area contributed by atoms with E-state index in [0.29, 0.717) is 21.5 Å². The van der Waals surface area contributed by atoms with Gasteiger partial charge in [-0.25, -0.2) is 15.0 Å². The first-order valence-electron chi connectivity index (χ1n) is 22.1. The highest BCUT2D eigenvalue weighted by molar-refractivity contribution is 6.55. The van der Waals surface area contributed by atoms with Gasteiger partial charge in [-0.05, 0) is 62.3 Å². The maximum Gasteiger partial charge on any atom is 0.208 e. The molecule has 0 amide bonds. The molecule has 0 bridgehead atoms. The van der Waals surface area contributed by atoms with E-state index in [1.165, 1.54) is 17.6 Å². The van der Waals surface area contributed by atoms with E-state index >= 15 is 0 Å². The summed E-state index contributed by atoms with van der Waals surface area (Å²) in [6.07, 6.45) is 0. The van der Waals surface area contributed by atoms with Crippen LogP contribution in [0.15, 0.2) is 60.7 Å². The van der Waals surface area contributed by atoms with Crippen molar-refractivity contribution >= 4 is 129 Å². The summed E-state index contributed by atoms with van der Waals surface area (Å²) in [5, 5.41) is 172. The predicted molar refractivity (Wildman–Crippen MR) is 280 cm³/mol. The number of aromatic nitrogens is 4. The van der Waals surface area contributed by atoms with Gasteiger partial charge in [0.05, 0.1) is 16.8 Å². The highest BCUT2D eigenvalue weighted by Gasteiger charge is 2.36. The van der Waals surface area contributed by atoms with Gasteiger partial charge in [-0.15, -0.1) is 0 Å². The Balaban J connectivity index is 1.38. The van der Waals surface area contributed by atoms with Crippen LogP contribution in [-0.4, -0.2) is 128 Å². The molecular weight excluding hydrogens is 964 g/mol. The molecule has 19 nitrogen and oxygen atoms in total. The van der Waals surface area contributed by atoms with Gasteiger partial charge in [-0.2, -0.15) is 0 Å². The second kappa shape index (κ2) is 15.2. The largest absolute Gasteiger partial charge is 0.509 e. The van der Waals surface area contributed by atoms with E-state index in [0.717, 1.165) is 10.8 Å². The zero-order valence-corrected chi connectivity index (χ0v) is 38.1. The van der Waals surface area contributed by atoms with Gasteiger partial charge in [-0.1, -0.05) is 59.5 Å². The maximum atomic E-state index is 12.3. The molecule has 2 aromatic heterocycles. The summed E-state index contributed by atoms with van der Waals surface area (Å²) in [5.74, 6) is -18.5. The van der Waals surface area contributed by atoms with Crippen molar-refractivity contribution in [2.24, 2.45) is 0 Å². The summed E-state index contributed by atoms with van der Waals surface area (Å²) < 4.78 is 1.17. The Bertz CT molecular complexity index is 4420. The number of benzene rings is 10. The fraction of sp³-hybridized carbons (Fsp3) is 0.0192. The molecule has 0 saturated heterocycles. The van der Waals surface area contributed by atoms with E-state index in [-0.39, 0.29) is 33.1 Å². The summed E-state index contributed by atoms with van der Waals surface area (Å²) in [5.41, 5.74) is -5.49. The molecule has 0 saturated carbocycles. The van der Waals surface area contributed by atoms with E-state index in [1.54, 1.807) is 30.3 Å². The third kappa shape index (κ3) is 5.65. The minimum Gasteiger partial charge on any atom is -0.509 e. The Hall–Kier alpha value is -10.2. The fourth-order valence-corrected chi connectivity index (χ4v) is 10.5. The molecule has 12 rings (SSSR count). The van der Waals surface area contributed by atoms with Crippen molar-refractivity contribution in [2.45, 2.75) is 6.92 Å². The van der Waals surface area contributed by atoms with Gasteiger partial charge in [0.1, 0.15) is 59.7 Å². The van der Waals surface area contributed by atoms with Gasteiger partial charge < -0.3 is 81.2 Å². The van der Waals surface area contributed by atoms with Gasteiger partial charge in [-0.3, -0.25) is 0 Å². The van der Waals surface area contributed by atoms with Crippen molar-refractivity contribution in [1.82, 2.24) is 19.5 Å². The molecule has 12 aromatic rings. The number of hydrogen-bond donors (Lipinski definition) is 15. The minimum absolute atomic E-state index is 0.180. The monoisotopic (exact) mass is 992 g/mol. The Kier molecular flexibility index (Phi) is 9.30. The van der Waals surface area contributed by atoms with Crippen LogP contribution < -0.4 is 21.9 Å². The molecule has 0 aliphatic rings. The summed E-state index contributed by atoms with van der Waals surface area (Å²) in [6, 6.07) is 17.6. The van der Waals surface area contributed by atoms with Crippen LogP contribution in [0.5, 0.6) is 86.2 Å². The van der Waals surface area contributed by atoms with E-state index in [2.05, 4.69) is 15.0 Å². The van der Waals surface area contributed by atoms with Crippen LogP contribution in [-0.2, 0) is 0 Å². The van der Waals surface area contributed by atoms with Gasteiger partial charge in [0.25, 0.3) is 0 Å². The first-order valence-corrected chi connectivity index (χ1v) is 22.1. The lowest BCUT2D eigenvalue weighted by Crippen LogP contribution is -2.32. The molecule has 0 aliphatic heterocycles. The summed E-state index contributed by atoms with van der Waals surface area (Å²) in [7, 11) is 25.2. The average Bonchev–Trinajstić information content (AvgIpc) is 3.87. The first-order chi connectivity index (χ1) is 35.6. The minimum atomic E-state index is -1.36. The highest BCUT2D eigenvalue weighted by atomic mass is 16.4. The van der Waals surface area contributed by atoms with Crippen LogP contribution in [0.25, 0.3) is 116 Å². The summed E-state index contributed by atoms with van der Waals surface area (Å²) >= 11 is 0. The smallest absolute Gasteiger partial charge is 0.208 e. The van der Waals surface area contributed by atoms with Crippen LogP contribution in [0.1, 0.15) is 5.56 Å². The van der Waals surface area contributed by atoms with Crippen molar-refractivity contribution in [1.29, 1.82) is 0 Å². The number of nitrogens with zero attached hydrogens (tertiary/aromatic N) is 4. The Labute approximate surface area is 422 Å². The molecule has 2 heterocycles. The van der Waals surface area contributed by atoms with Gasteiger partial charge in [0, 0.05) is 43.4 Å². The van der Waals surface area contributed by atoms with Crippen LogP contribution in [0.3, 0.4) is 0 Å². The molecule has 15 N–H and O–H groups in total. The van der Waals surface area contributed by atoms with Crippen LogP contribution >= 0.6 is 0 Å².